The molecule has 1 aliphatic heterocycles. The molecule has 1 fully saturated rings. The standard InChI is InChI=1S/C22H26FN3O3/c1-29-19-10-8-18(9-11-19)26(14-12-21(24)27)22(28)15-25-13-2-3-20(25)16-4-6-17(23)7-5-16/h4-11,20H,2-3,12-15H2,1H3,(H2,24,27)/t20-/m0/s1. The molecule has 2 aromatic rings. The van der Waals surface area contributed by atoms with E-state index in [2.05, 4.69) is 4.90 Å². The maximum atomic E-state index is 13.3. The second-order valence-corrected chi connectivity index (χ2v) is 7.14. The summed E-state index contributed by atoms with van der Waals surface area (Å²) in [5, 5.41) is 0. The molecule has 29 heavy (non-hydrogen) atoms. The molecule has 0 bridgehead atoms. The van der Waals surface area contributed by atoms with Gasteiger partial charge in [0.2, 0.25) is 11.8 Å². The summed E-state index contributed by atoms with van der Waals surface area (Å²) < 4.78 is 18.4. The second-order valence-electron chi connectivity index (χ2n) is 7.14. The van der Waals surface area contributed by atoms with Crippen molar-refractivity contribution in [3.05, 3.63) is 59.9 Å². The lowest BCUT2D eigenvalue weighted by Gasteiger charge is -2.29. The number of hydrogen-bond donors (Lipinski definition) is 1. The maximum Gasteiger partial charge on any atom is 0.241 e. The van der Waals surface area contributed by atoms with Crippen LogP contribution in [0.3, 0.4) is 0 Å². The molecule has 1 saturated heterocycles. The van der Waals surface area contributed by atoms with Crippen LogP contribution in [0.15, 0.2) is 48.5 Å². The van der Waals surface area contributed by atoms with Gasteiger partial charge in [-0.15, -0.1) is 0 Å². The van der Waals surface area contributed by atoms with Crippen LogP contribution in [-0.4, -0.2) is 43.5 Å². The van der Waals surface area contributed by atoms with Gasteiger partial charge in [0.25, 0.3) is 0 Å². The van der Waals surface area contributed by atoms with E-state index in [1.807, 2.05) is 0 Å². The fraction of sp³-hybridized carbons (Fsp3) is 0.364. The van der Waals surface area contributed by atoms with E-state index in [1.165, 1.54) is 12.1 Å². The van der Waals surface area contributed by atoms with Crippen LogP contribution >= 0.6 is 0 Å². The van der Waals surface area contributed by atoms with Crippen LogP contribution in [0.2, 0.25) is 0 Å². The van der Waals surface area contributed by atoms with Gasteiger partial charge in [0.15, 0.2) is 0 Å². The Hall–Kier alpha value is -2.93. The Morgan fingerprint density at radius 2 is 1.86 bits per heavy atom. The fourth-order valence-electron chi connectivity index (χ4n) is 3.72. The van der Waals surface area contributed by atoms with Gasteiger partial charge in [-0.25, -0.2) is 4.39 Å². The number of halogens is 1. The van der Waals surface area contributed by atoms with Crippen LogP contribution in [0.4, 0.5) is 10.1 Å². The molecule has 7 heteroatoms. The molecule has 0 spiro atoms. The third kappa shape index (κ3) is 5.32. The number of anilines is 1. The van der Waals surface area contributed by atoms with Crippen molar-refractivity contribution in [3.63, 3.8) is 0 Å². The first-order chi connectivity index (χ1) is 14.0. The fourth-order valence-corrected chi connectivity index (χ4v) is 3.72. The van der Waals surface area contributed by atoms with E-state index in [1.54, 1.807) is 48.4 Å². The number of nitrogens with zero attached hydrogens (tertiary/aromatic N) is 2. The summed E-state index contributed by atoms with van der Waals surface area (Å²) in [6.07, 6.45) is 1.97. The maximum absolute atomic E-state index is 13.3. The van der Waals surface area contributed by atoms with Crippen LogP contribution in [0, 0.1) is 5.82 Å². The zero-order chi connectivity index (χ0) is 20.8. The monoisotopic (exact) mass is 399 g/mol. The topological polar surface area (TPSA) is 75.9 Å². The van der Waals surface area contributed by atoms with Gasteiger partial charge >= 0.3 is 0 Å². The highest BCUT2D eigenvalue weighted by molar-refractivity contribution is 5.95. The molecule has 1 atom stereocenters. The lowest BCUT2D eigenvalue weighted by molar-refractivity contribution is -0.120. The van der Waals surface area contributed by atoms with Crippen molar-refractivity contribution in [2.45, 2.75) is 25.3 Å². The third-order valence-corrected chi connectivity index (χ3v) is 5.22. The Morgan fingerprint density at radius 3 is 2.48 bits per heavy atom. The second kappa shape index (κ2) is 9.52. The van der Waals surface area contributed by atoms with Gasteiger partial charge in [-0.1, -0.05) is 12.1 Å². The molecule has 2 N–H and O–H groups in total. The molecule has 2 aromatic carbocycles. The molecule has 0 unspecified atom stereocenters. The highest BCUT2D eigenvalue weighted by atomic mass is 19.1. The number of primary amides is 1. The molecule has 0 aromatic heterocycles. The molecular formula is C22H26FN3O3. The number of benzene rings is 2. The molecule has 154 valence electrons. The van der Waals surface area contributed by atoms with Gasteiger partial charge in [0.1, 0.15) is 11.6 Å². The van der Waals surface area contributed by atoms with E-state index in [0.717, 1.165) is 24.9 Å². The number of amides is 2. The van der Waals surface area contributed by atoms with Crippen molar-refractivity contribution in [1.82, 2.24) is 4.90 Å². The number of methoxy groups -OCH3 is 1. The van der Waals surface area contributed by atoms with Crippen molar-refractivity contribution in [2.24, 2.45) is 5.73 Å². The van der Waals surface area contributed by atoms with Crippen molar-refractivity contribution < 1.29 is 18.7 Å². The number of carbonyl (C=O) groups excluding carboxylic acids is 2. The molecule has 1 aliphatic rings. The summed E-state index contributed by atoms with van der Waals surface area (Å²) in [4.78, 5) is 28.1. The van der Waals surface area contributed by atoms with Gasteiger partial charge in [0, 0.05) is 24.7 Å². The first-order valence-electron chi connectivity index (χ1n) is 9.70. The SMILES string of the molecule is COc1ccc(N(CCC(N)=O)C(=O)CN2CCC[C@H]2c2ccc(F)cc2)cc1. The first-order valence-corrected chi connectivity index (χ1v) is 9.70. The van der Waals surface area contributed by atoms with Crippen LogP contribution < -0.4 is 15.4 Å². The van der Waals surface area contributed by atoms with Crippen molar-refractivity contribution in [2.75, 3.05) is 31.6 Å². The minimum Gasteiger partial charge on any atom is -0.497 e. The van der Waals surface area contributed by atoms with Crippen molar-refractivity contribution in [3.8, 4) is 5.75 Å². The van der Waals surface area contributed by atoms with Gasteiger partial charge in [0.05, 0.1) is 13.7 Å². The smallest absolute Gasteiger partial charge is 0.241 e. The molecular weight excluding hydrogens is 373 g/mol. The molecule has 0 radical (unpaired) electrons. The van der Waals surface area contributed by atoms with E-state index >= 15 is 0 Å². The number of nitrogens with two attached hydrogens (primary N) is 1. The van der Waals surface area contributed by atoms with Gasteiger partial charge in [-0.3, -0.25) is 14.5 Å². The van der Waals surface area contributed by atoms with Crippen LogP contribution in [0.5, 0.6) is 5.75 Å². The van der Waals surface area contributed by atoms with E-state index in [9.17, 15) is 14.0 Å². The predicted octanol–water partition coefficient (Wildman–Crippen LogP) is 2.88. The lowest BCUT2D eigenvalue weighted by Crippen LogP contribution is -2.41. The number of ether oxygens (including phenoxy) is 1. The van der Waals surface area contributed by atoms with Gasteiger partial charge in [-0.2, -0.15) is 0 Å². The molecule has 1 heterocycles. The normalized spacial score (nSPS) is 16.6. The zero-order valence-corrected chi connectivity index (χ0v) is 16.5. The largest absolute Gasteiger partial charge is 0.497 e. The summed E-state index contributed by atoms with van der Waals surface area (Å²) >= 11 is 0. The van der Waals surface area contributed by atoms with Crippen LogP contribution in [0.1, 0.15) is 30.9 Å². The van der Waals surface area contributed by atoms with Crippen molar-refractivity contribution >= 4 is 17.5 Å². The Bertz CT molecular complexity index is 839. The molecule has 2 amide bonds. The Labute approximate surface area is 170 Å². The van der Waals surface area contributed by atoms with E-state index in [0.29, 0.717) is 11.4 Å². The molecule has 0 aliphatic carbocycles. The Morgan fingerprint density at radius 1 is 1.17 bits per heavy atom. The zero-order valence-electron chi connectivity index (χ0n) is 16.5. The van der Waals surface area contributed by atoms with Gasteiger partial charge in [-0.05, 0) is 61.3 Å². The first kappa shape index (κ1) is 20.8. The van der Waals surface area contributed by atoms with E-state index in [4.69, 9.17) is 10.5 Å². The van der Waals surface area contributed by atoms with Crippen LogP contribution in [-0.2, 0) is 9.59 Å². The molecule has 6 nitrogen and oxygen atoms in total. The molecule has 0 saturated carbocycles. The summed E-state index contributed by atoms with van der Waals surface area (Å²) in [7, 11) is 1.58. The third-order valence-electron chi connectivity index (χ3n) is 5.22. The number of likely N-dealkylation sites (tertiary alicyclic amines) is 1. The van der Waals surface area contributed by atoms with Crippen LogP contribution in [0.25, 0.3) is 0 Å². The average molecular weight is 399 g/mol. The number of carbonyl (C=O) groups is 2. The summed E-state index contributed by atoms with van der Waals surface area (Å²) in [5.74, 6) is -0.148. The van der Waals surface area contributed by atoms with E-state index in [-0.39, 0.29) is 37.3 Å². The summed E-state index contributed by atoms with van der Waals surface area (Å²) in [6.45, 7) is 1.22. The lowest BCUT2D eigenvalue weighted by atomic mass is 10.0. The highest BCUT2D eigenvalue weighted by Gasteiger charge is 2.29. The van der Waals surface area contributed by atoms with Gasteiger partial charge < -0.3 is 15.4 Å². The number of hydrogen-bond acceptors (Lipinski definition) is 4. The molecule has 3 rings (SSSR count). The quantitative estimate of drug-likeness (QED) is 0.741. The summed E-state index contributed by atoms with van der Waals surface area (Å²) in [6, 6.07) is 13.7. The van der Waals surface area contributed by atoms with E-state index < -0.39 is 5.91 Å². The minimum atomic E-state index is -0.457. The average Bonchev–Trinajstić information content (AvgIpc) is 3.17. The Kier molecular flexibility index (Phi) is 6.82. The number of rotatable bonds is 8. The Balaban J connectivity index is 1.75. The van der Waals surface area contributed by atoms with Crippen molar-refractivity contribution in [1.29, 1.82) is 0 Å². The highest BCUT2D eigenvalue weighted by Crippen LogP contribution is 2.32. The minimum absolute atomic E-state index is 0.0772. The summed E-state index contributed by atoms with van der Waals surface area (Å²) in [5.41, 5.74) is 6.99. The predicted molar refractivity (Wildman–Crippen MR) is 109 cm³/mol.